The second-order valence-electron chi connectivity index (χ2n) is 3.43. The van der Waals surface area contributed by atoms with Crippen molar-refractivity contribution < 1.29 is 9.47 Å². The van der Waals surface area contributed by atoms with E-state index >= 15 is 0 Å². The van der Waals surface area contributed by atoms with Crippen LogP contribution in [0.15, 0.2) is 24.3 Å². The Bertz CT molecular complexity index is 344. The molecule has 0 N–H and O–H groups in total. The summed E-state index contributed by atoms with van der Waals surface area (Å²) >= 11 is 0. The SMILES string of the molecule is CCCOCCOCc1ccccc1C#N. The highest BCUT2D eigenvalue weighted by Crippen LogP contribution is 2.08. The molecule has 0 heterocycles. The van der Waals surface area contributed by atoms with Crippen molar-refractivity contribution in [1.29, 1.82) is 5.26 Å². The van der Waals surface area contributed by atoms with Gasteiger partial charge in [0.1, 0.15) is 0 Å². The van der Waals surface area contributed by atoms with E-state index in [-0.39, 0.29) is 0 Å². The van der Waals surface area contributed by atoms with Crippen LogP contribution >= 0.6 is 0 Å². The van der Waals surface area contributed by atoms with E-state index in [0.29, 0.717) is 25.4 Å². The van der Waals surface area contributed by atoms with Gasteiger partial charge in [0, 0.05) is 6.61 Å². The smallest absolute Gasteiger partial charge is 0.0995 e. The first-order valence-corrected chi connectivity index (χ1v) is 5.52. The fourth-order valence-electron chi connectivity index (χ4n) is 1.30. The molecule has 1 rings (SSSR count). The normalized spacial score (nSPS) is 10.0. The first-order chi connectivity index (χ1) is 7.88. The van der Waals surface area contributed by atoms with Crippen molar-refractivity contribution in [1.82, 2.24) is 0 Å². The molecule has 0 aliphatic rings. The highest BCUT2D eigenvalue weighted by Gasteiger charge is 1.99. The van der Waals surface area contributed by atoms with Crippen LogP contribution in [0.4, 0.5) is 0 Å². The third-order valence-electron chi connectivity index (χ3n) is 2.12. The first kappa shape index (κ1) is 12.7. The summed E-state index contributed by atoms with van der Waals surface area (Å²) < 4.78 is 10.7. The Morgan fingerprint density at radius 2 is 1.88 bits per heavy atom. The molecule has 0 amide bonds. The Labute approximate surface area is 96.6 Å². The molecule has 0 unspecified atom stereocenters. The monoisotopic (exact) mass is 219 g/mol. The minimum Gasteiger partial charge on any atom is -0.379 e. The van der Waals surface area contributed by atoms with E-state index in [9.17, 15) is 0 Å². The van der Waals surface area contributed by atoms with Gasteiger partial charge >= 0.3 is 0 Å². The lowest BCUT2D eigenvalue weighted by molar-refractivity contribution is 0.0408. The Kier molecular flexibility index (Phi) is 6.24. The standard InChI is InChI=1S/C13H17NO2/c1-2-7-15-8-9-16-11-13-6-4-3-5-12(13)10-14/h3-6H,2,7-9,11H2,1H3. The van der Waals surface area contributed by atoms with Crippen molar-refractivity contribution in [2.45, 2.75) is 20.0 Å². The predicted molar refractivity (Wildman–Crippen MR) is 61.9 cm³/mol. The van der Waals surface area contributed by atoms with Crippen LogP contribution in [0.5, 0.6) is 0 Å². The van der Waals surface area contributed by atoms with Gasteiger partial charge in [0.2, 0.25) is 0 Å². The van der Waals surface area contributed by atoms with E-state index in [1.165, 1.54) is 0 Å². The highest BCUT2D eigenvalue weighted by atomic mass is 16.5. The quantitative estimate of drug-likeness (QED) is 0.662. The summed E-state index contributed by atoms with van der Waals surface area (Å²) in [5.41, 5.74) is 1.61. The molecule has 0 bridgehead atoms. The lowest BCUT2D eigenvalue weighted by Crippen LogP contribution is -2.05. The summed E-state index contributed by atoms with van der Waals surface area (Å²) in [5.74, 6) is 0. The van der Waals surface area contributed by atoms with Gasteiger partial charge in [-0.2, -0.15) is 5.26 Å². The van der Waals surface area contributed by atoms with Gasteiger partial charge in [0.25, 0.3) is 0 Å². The molecule has 1 aromatic carbocycles. The lowest BCUT2D eigenvalue weighted by Gasteiger charge is -2.06. The van der Waals surface area contributed by atoms with Crippen LogP contribution in [0.2, 0.25) is 0 Å². The minimum absolute atomic E-state index is 0.471. The topological polar surface area (TPSA) is 42.2 Å². The number of nitrogens with zero attached hydrogens (tertiary/aromatic N) is 1. The maximum Gasteiger partial charge on any atom is 0.0995 e. The van der Waals surface area contributed by atoms with Crippen LogP contribution in [-0.4, -0.2) is 19.8 Å². The van der Waals surface area contributed by atoms with Gasteiger partial charge in [0.05, 0.1) is 31.5 Å². The number of nitriles is 1. The molecule has 16 heavy (non-hydrogen) atoms. The lowest BCUT2D eigenvalue weighted by atomic mass is 10.1. The average molecular weight is 219 g/mol. The van der Waals surface area contributed by atoms with Crippen molar-refractivity contribution in [3.63, 3.8) is 0 Å². The van der Waals surface area contributed by atoms with Crippen LogP contribution in [0.1, 0.15) is 24.5 Å². The molecular formula is C13H17NO2. The molecule has 0 fully saturated rings. The van der Waals surface area contributed by atoms with Crippen molar-refractivity contribution >= 4 is 0 Å². The summed E-state index contributed by atoms with van der Waals surface area (Å²) in [4.78, 5) is 0. The van der Waals surface area contributed by atoms with E-state index < -0.39 is 0 Å². The molecule has 0 radical (unpaired) electrons. The molecule has 3 heteroatoms. The number of rotatable bonds is 7. The molecule has 0 atom stereocenters. The second kappa shape index (κ2) is 7.86. The van der Waals surface area contributed by atoms with Gasteiger partial charge in [-0.3, -0.25) is 0 Å². The molecule has 0 saturated heterocycles. The third-order valence-corrected chi connectivity index (χ3v) is 2.12. The van der Waals surface area contributed by atoms with Crippen LogP contribution in [-0.2, 0) is 16.1 Å². The largest absolute Gasteiger partial charge is 0.379 e. The maximum absolute atomic E-state index is 8.86. The first-order valence-electron chi connectivity index (χ1n) is 5.52. The molecular weight excluding hydrogens is 202 g/mol. The average Bonchev–Trinajstić information content (AvgIpc) is 2.34. The van der Waals surface area contributed by atoms with E-state index in [1.807, 2.05) is 18.2 Å². The molecule has 3 nitrogen and oxygen atoms in total. The number of ether oxygens (including phenoxy) is 2. The number of benzene rings is 1. The van der Waals surface area contributed by atoms with Gasteiger partial charge in [-0.15, -0.1) is 0 Å². The molecule has 0 aliphatic heterocycles. The predicted octanol–water partition coefficient (Wildman–Crippen LogP) is 2.50. The summed E-state index contributed by atoms with van der Waals surface area (Å²) in [5, 5.41) is 8.86. The van der Waals surface area contributed by atoms with E-state index in [0.717, 1.165) is 18.6 Å². The van der Waals surface area contributed by atoms with E-state index in [2.05, 4.69) is 13.0 Å². The molecule has 0 saturated carbocycles. The molecule has 1 aromatic rings. The van der Waals surface area contributed by atoms with Crippen molar-refractivity contribution in [2.24, 2.45) is 0 Å². The van der Waals surface area contributed by atoms with Gasteiger partial charge in [0.15, 0.2) is 0 Å². The van der Waals surface area contributed by atoms with Crippen LogP contribution in [0.3, 0.4) is 0 Å². The summed E-state index contributed by atoms with van der Waals surface area (Å²) in [7, 11) is 0. The summed E-state index contributed by atoms with van der Waals surface area (Å²) in [6, 6.07) is 9.62. The van der Waals surface area contributed by atoms with Crippen LogP contribution in [0, 0.1) is 11.3 Å². The molecule has 0 aromatic heterocycles. The van der Waals surface area contributed by atoms with E-state index in [1.54, 1.807) is 6.07 Å². The third kappa shape index (κ3) is 4.43. The molecule has 0 spiro atoms. The highest BCUT2D eigenvalue weighted by molar-refractivity contribution is 5.36. The Balaban J connectivity index is 2.24. The fraction of sp³-hybridized carbons (Fsp3) is 0.462. The van der Waals surface area contributed by atoms with Crippen LogP contribution in [0.25, 0.3) is 0 Å². The van der Waals surface area contributed by atoms with Gasteiger partial charge in [-0.05, 0) is 18.1 Å². The number of hydrogen-bond acceptors (Lipinski definition) is 3. The molecule has 86 valence electrons. The van der Waals surface area contributed by atoms with Crippen LogP contribution < -0.4 is 0 Å². The maximum atomic E-state index is 8.86. The van der Waals surface area contributed by atoms with Crippen molar-refractivity contribution in [3.05, 3.63) is 35.4 Å². The van der Waals surface area contributed by atoms with Gasteiger partial charge in [-0.25, -0.2) is 0 Å². The second-order valence-corrected chi connectivity index (χ2v) is 3.43. The number of hydrogen-bond donors (Lipinski definition) is 0. The zero-order valence-corrected chi connectivity index (χ0v) is 9.61. The fourth-order valence-corrected chi connectivity index (χ4v) is 1.30. The summed E-state index contributed by atoms with van der Waals surface area (Å²) in [6.07, 6.45) is 1.03. The Morgan fingerprint density at radius 1 is 1.12 bits per heavy atom. The van der Waals surface area contributed by atoms with Gasteiger partial charge < -0.3 is 9.47 Å². The van der Waals surface area contributed by atoms with E-state index in [4.69, 9.17) is 14.7 Å². The Morgan fingerprint density at radius 3 is 2.62 bits per heavy atom. The zero-order chi connectivity index (χ0) is 11.6. The Hall–Kier alpha value is -1.37. The van der Waals surface area contributed by atoms with Crippen molar-refractivity contribution in [2.75, 3.05) is 19.8 Å². The molecule has 0 aliphatic carbocycles. The van der Waals surface area contributed by atoms with Crippen molar-refractivity contribution in [3.8, 4) is 6.07 Å². The zero-order valence-electron chi connectivity index (χ0n) is 9.61. The van der Waals surface area contributed by atoms with Gasteiger partial charge in [-0.1, -0.05) is 25.1 Å². The minimum atomic E-state index is 0.471. The summed E-state index contributed by atoms with van der Waals surface area (Å²) in [6.45, 7) is 4.50.